The van der Waals surface area contributed by atoms with Crippen molar-refractivity contribution >= 4 is 27.7 Å². The molecule has 2 aromatic carbocycles. The molecular weight excluding hydrogens is 332 g/mol. The van der Waals surface area contributed by atoms with E-state index in [-0.39, 0.29) is 12.3 Å². The molecule has 2 heterocycles. The Morgan fingerprint density at radius 3 is 2.77 bits per heavy atom. The Morgan fingerprint density at radius 2 is 1.96 bits per heavy atom. The molecule has 0 radical (unpaired) electrons. The van der Waals surface area contributed by atoms with Crippen molar-refractivity contribution in [1.29, 1.82) is 0 Å². The fourth-order valence-electron chi connectivity index (χ4n) is 2.85. The minimum Gasteiger partial charge on any atom is -0.456 e. The summed E-state index contributed by atoms with van der Waals surface area (Å²) in [5.41, 5.74) is 1.38. The van der Waals surface area contributed by atoms with E-state index in [1.807, 2.05) is 30.3 Å². The quantitative estimate of drug-likeness (QED) is 0.321. The highest BCUT2D eigenvalue weighted by Gasteiger charge is 2.14. The molecule has 0 aliphatic carbocycles. The van der Waals surface area contributed by atoms with Gasteiger partial charge in [0.1, 0.15) is 12.2 Å². The Labute approximate surface area is 148 Å². The molecule has 0 amide bonds. The number of carbonyl (C=O) groups excluding carboxylic acids is 1. The van der Waals surface area contributed by atoms with Gasteiger partial charge in [-0.1, -0.05) is 30.3 Å². The summed E-state index contributed by atoms with van der Waals surface area (Å²) in [4.78, 5) is 32.1. The van der Waals surface area contributed by atoms with Crippen LogP contribution in [0.15, 0.2) is 64.1 Å². The second-order valence-electron chi connectivity index (χ2n) is 5.87. The predicted molar refractivity (Wildman–Crippen MR) is 95.9 cm³/mol. The number of hydrogen-bond acceptors (Lipinski definition) is 6. The molecular formula is C20H14N2O4. The first-order valence-corrected chi connectivity index (χ1v) is 8.02. The van der Waals surface area contributed by atoms with Gasteiger partial charge in [-0.15, -0.1) is 0 Å². The van der Waals surface area contributed by atoms with Crippen LogP contribution in [0.25, 0.3) is 21.7 Å². The fraction of sp³-hybridized carbons (Fsp3) is 0.100. The van der Waals surface area contributed by atoms with E-state index in [1.165, 1.54) is 18.5 Å². The molecule has 4 rings (SSSR count). The summed E-state index contributed by atoms with van der Waals surface area (Å²) in [6, 6.07) is 12.7. The predicted octanol–water partition coefficient (Wildman–Crippen LogP) is 3.40. The molecule has 0 atom stereocenters. The molecule has 4 aromatic rings. The summed E-state index contributed by atoms with van der Waals surface area (Å²) in [5, 5.41) is 2.69. The molecule has 128 valence electrons. The molecule has 0 aliphatic rings. The highest BCUT2D eigenvalue weighted by atomic mass is 16.5. The average Bonchev–Trinajstić information content (AvgIpc) is 2.66. The zero-order valence-corrected chi connectivity index (χ0v) is 13.9. The van der Waals surface area contributed by atoms with Crippen LogP contribution in [0.2, 0.25) is 0 Å². The van der Waals surface area contributed by atoms with Crippen LogP contribution in [-0.4, -0.2) is 15.9 Å². The largest absolute Gasteiger partial charge is 0.456 e. The molecule has 0 spiro atoms. The first-order valence-electron chi connectivity index (χ1n) is 8.02. The first kappa shape index (κ1) is 16.0. The molecule has 0 unspecified atom stereocenters. The lowest BCUT2D eigenvalue weighted by atomic mass is 10.0. The third kappa shape index (κ3) is 2.93. The normalized spacial score (nSPS) is 11.0. The molecule has 6 heteroatoms. The van der Waals surface area contributed by atoms with Gasteiger partial charge >= 0.3 is 11.6 Å². The SMILES string of the molecule is Cc1cnc(C(=O)OCc2cc(=O)oc3ccc4ccccc4c23)cn1. The Morgan fingerprint density at radius 1 is 1.12 bits per heavy atom. The van der Waals surface area contributed by atoms with Crippen LogP contribution in [0.3, 0.4) is 0 Å². The van der Waals surface area contributed by atoms with Crippen LogP contribution in [0.4, 0.5) is 0 Å². The minimum absolute atomic E-state index is 0.0650. The van der Waals surface area contributed by atoms with Crippen molar-refractivity contribution in [1.82, 2.24) is 9.97 Å². The van der Waals surface area contributed by atoms with Gasteiger partial charge in [-0.3, -0.25) is 4.98 Å². The topological polar surface area (TPSA) is 82.3 Å². The number of aryl methyl sites for hydroxylation is 1. The second-order valence-corrected chi connectivity index (χ2v) is 5.87. The van der Waals surface area contributed by atoms with Crippen molar-refractivity contribution in [2.45, 2.75) is 13.5 Å². The number of esters is 1. The van der Waals surface area contributed by atoms with Crippen LogP contribution < -0.4 is 5.63 Å². The summed E-state index contributed by atoms with van der Waals surface area (Å²) in [6.45, 7) is 1.72. The maximum absolute atomic E-state index is 12.2. The maximum Gasteiger partial charge on any atom is 0.358 e. The Balaban J connectivity index is 1.73. The van der Waals surface area contributed by atoms with E-state index in [2.05, 4.69) is 9.97 Å². The zero-order chi connectivity index (χ0) is 18.1. The number of fused-ring (bicyclic) bond motifs is 3. The number of ether oxygens (including phenoxy) is 1. The van der Waals surface area contributed by atoms with Gasteiger partial charge < -0.3 is 9.15 Å². The Bertz CT molecular complexity index is 1180. The van der Waals surface area contributed by atoms with Gasteiger partial charge in [0.15, 0.2) is 5.69 Å². The third-order valence-electron chi connectivity index (χ3n) is 4.06. The summed E-state index contributed by atoms with van der Waals surface area (Å²) in [7, 11) is 0. The maximum atomic E-state index is 12.2. The Kier molecular flexibility index (Phi) is 3.93. The van der Waals surface area contributed by atoms with Gasteiger partial charge in [-0.2, -0.15) is 0 Å². The van der Waals surface area contributed by atoms with Crippen molar-refractivity contribution in [3.05, 3.63) is 82.2 Å². The molecule has 6 nitrogen and oxygen atoms in total. The molecule has 2 aromatic heterocycles. The molecule has 0 saturated heterocycles. The number of aromatic nitrogens is 2. The minimum atomic E-state index is -0.598. The van der Waals surface area contributed by atoms with E-state index >= 15 is 0 Å². The van der Waals surface area contributed by atoms with Gasteiger partial charge in [-0.05, 0) is 23.8 Å². The highest BCUT2D eigenvalue weighted by Crippen LogP contribution is 2.27. The number of benzene rings is 2. The third-order valence-corrected chi connectivity index (χ3v) is 4.06. The van der Waals surface area contributed by atoms with Gasteiger partial charge in [0, 0.05) is 23.2 Å². The molecule has 0 fully saturated rings. The van der Waals surface area contributed by atoms with Gasteiger partial charge in [0.2, 0.25) is 0 Å². The van der Waals surface area contributed by atoms with E-state index in [9.17, 15) is 9.59 Å². The van der Waals surface area contributed by atoms with Crippen LogP contribution in [0, 0.1) is 6.92 Å². The van der Waals surface area contributed by atoms with Crippen LogP contribution in [-0.2, 0) is 11.3 Å². The second kappa shape index (κ2) is 6.40. The monoisotopic (exact) mass is 346 g/mol. The Hall–Kier alpha value is -3.54. The number of hydrogen-bond donors (Lipinski definition) is 0. The lowest BCUT2D eigenvalue weighted by molar-refractivity contribution is 0.0466. The van der Waals surface area contributed by atoms with Gasteiger partial charge in [0.25, 0.3) is 0 Å². The lowest BCUT2D eigenvalue weighted by Crippen LogP contribution is -2.10. The number of rotatable bonds is 3. The van der Waals surface area contributed by atoms with E-state index in [0.717, 1.165) is 16.2 Å². The average molecular weight is 346 g/mol. The van der Waals surface area contributed by atoms with E-state index in [4.69, 9.17) is 9.15 Å². The standard InChI is InChI=1S/C20H14N2O4/c1-12-9-22-16(10-21-12)20(24)25-11-14-8-18(23)26-17-7-6-13-4-2-3-5-15(13)19(14)17/h2-10H,11H2,1H3. The summed E-state index contributed by atoms with van der Waals surface area (Å²) < 4.78 is 10.6. The van der Waals surface area contributed by atoms with Gasteiger partial charge in [0.05, 0.1) is 11.9 Å². The molecule has 26 heavy (non-hydrogen) atoms. The molecule has 0 saturated carbocycles. The van der Waals surface area contributed by atoms with E-state index < -0.39 is 11.6 Å². The highest BCUT2D eigenvalue weighted by molar-refractivity contribution is 6.07. The van der Waals surface area contributed by atoms with Crippen molar-refractivity contribution in [3.63, 3.8) is 0 Å². The summed E-state index contributed by atoms with van der Waals surface area (Å²) >= 11 is 0. The van der Waals surface area contributed by atoms with Crippen LogP contribution in [0.1, 0.15) is 21.7 Å². The van der Waals surface area contributed by atoms with Crippen LogP contribution in [0.5, 0.6) is 0 Å². The number of carbonyl (C=O) groups is 1. The van der Waals surface area contributed by atoms with Crippen molar-refractivity contribution in [3.8, 4) is 0 Å². The van der Waals surface area contributed by atoms with Crippen molar-refractivity contribution in [2.24, 2.45) is 0 Å². The lowest BCUT2D eigenvalue weighted by Gasteiger charge is -2.09. The smallest absolute Gasteiger partial charge is 0.358 e. The number of nitrogens with zero attached hydrogens (tertiary/aromatic N) is 2. The van der Waals surface area contributed by atoms with Crippen molar-refractivity contribution < 1.29 is 13.9 Å². The van der Waals surface area contributed by atoms with E-state index in [1.54, 1.807) is 13.0 Å². The molecule has 0 bridgehead atoms. The summed E-state index contributed by atoms with van der Waals surface area (Å²) in [5.74, 6) is -0.598. The molecule has 0 aliphatic heterocycles. The van der Waals surface area contributed by atoms with E-state index in [0.29, 0.717) is 16.8 Å². The molecule has 0 N–H and O–H groups in total. The summed E-state index contributed by atoms with van der Waals surface area (Å²) in [6.07, 6.45) is 2.86. The fourth-order valence-corrected chi connectivity index (χ4v) is 2.85. The first-order chi connectivity index (χ1) is 12.6. The zero-order valence-electron chi connectivity index (χ0n) is 13.9. The van der Waals surface area contributed by atoms with Gasteiger partial charge in [-0.25, -0.2) is 14.6 Å². The van der Waals surface area contributed by atoms with Crippen molar-refractivity contribution in [2.75, 3.05) is 0 Å². The van der Waals surface area contributed by atoms with Crippen LogP contribution >= 0.6 is 0 Å².